The molecule has 0 aliphatic carbocycles. The molecule has 0 atom stereocenters. The second kappa shape index (κ2) is 8.82. The van der Waals surface area contributed by atoms with E-state index in [-0.39, 0.29) is 17.4 Å². The predicted octanol–water partition coefficient (Wildman–Crippen LogP) is 4.05. The van der Waals surface area contributed by atoms with E-state index in [1.807, 2.05) is 62.4 Å². The van der Waals surface area contributed by atoms with Crippen LogP contribution in [0.3, 0.4) is 0 Å². The number of para-hydroxylation sites is 1. The van der Waals surface area contributed by atoms with Crippen LogP contribution in [-0.4, -0.2) is 43.1 Å². The van der Waals surface area contributed by atoms with Gasteiger partial charge in [0.2, 0.25) is 0 Å². The van der Waals surface area contributed by atoms with E-state index in [2.05, 4.69) is 36.3 Å². The van der Waals surface area contributed by atoms with Gasteiger partial charge in [0.1, 0.15) is 5.75 Å². The molecular formula is C25H22N8O2. The Kier molecular flexibility index (Phi) is 5.54. The number of amides is 1. The highest BCUT2D eigenvalue weighted by atomic mass is 16.3. The van der Waals surface area contributed by atoms with Crippen LogP contribution >= 0.6 is 0 Å². The summed E-state index contributed by atoms with van der Waals surface area (Å²) in [7, 11) is 0. The van der Waals surface area contributed by atoms with Crippen LogP contribution in [0.15, 0.2) is 70.9 Å². The van der Waals surface area contributed by atoms with Crippen LogP contribution < -0.4 is 10.4 Å². The van der Waals surface area contributed by atoms with Gasteiger partial charge in [0.05, 0.1) is 17.1 Å². The van der Waals surface area contributed by atoms with Gasteiger partial charge < -0.3 is 5.11 Å². The molecule has 35 heavy (non-hydrogen) atoms. The molecule has 5 rings (SSSR count). The number of aromatic amines is 1. The van der Waals surface area contributed by atoms with E-state index in [1.54, 1.807) is 19.1 Å². The summed E-state index contributed by atoms with van der Waals surface area (Å²) < 4.78 is 0. The van der Waals surface area contributed by atoms with Gasteiger partial charge in [-0.3, -0.25) is 10.2 Å². The van der Waals surface area contributed by atoms with Crippen molar-refractivity contribution in [2.75, 3.05) is 10.4 Å². The minimum absolute atomic E-state index is 0.150. The van der Waals surface area contributed by atoms with E-state index >= 15 is 0 Å². The number of phenolic OH excluding ortho intramolecular Hbond substituents is 1. The van der Waals surface area contributed by atoms with Crippen molar-refractivity contribution in [3.63, 3.8) is 0 Å². The van der Waals surface area contributed by atoms with Crippen LogP contribution in [0.4, 0.5) is 11.4 Å². The number of H-pyrrole nitrogens is 1. The second-order valence-corrected chi connectivity index (χ2v) is 8.17. The Bertz CT molecular complexity index is 1490. The number of aromatic hydroxyl groups is 1. The van der Waals surface area contributed by atoms with Crippen molar-refractivity contribution in [3.8, 4) is 28.3 Å². The minimum Gasteiger partial charge on any atom is -0.507 e. The first-order valence-electron chi connectivity index (χ1n) is 10.9. The Labute approximate surface area is 201 Å². The number of benzene rings is 3. The Morgan fingerprint density at radius 2 is 1.80 bits per heavy atom. The molecule has 10 heteroatoms. The van der Waals surface area contributed by atoms with Crippen LogP contribution in [0.2, 0.25) is 0 Å². The summed E-state index contributed by atoms with van der Waals surface area (Å²) in [5, 5.41) is 34.5. The zero-order valence-corrected chi connectivity index (χ0v) is 19.3. The molecule has 4 aromatic rings. The van der Waals surface area contributed by atoms with Crippen molar-refractivity contribution in [2.24, 2.45) is 10.2 Å². The fourth-order valence-corrected chi connectivity index (χ4v) is 3.78. The highest BCUT2D eigenvalue weighted by Gasteiger charge is 2.31. The summed E-state index contributed by atoms with van der Waals surface area (Å²) in [6.07, 6.45) is 0. The molecule has 1 amide bonds. The fourth-order valence-electron chi connectivity index (χ4n) is 3.78. The average Bonchev–Trinajstić information content (AvgIpc) is 3.48. The van der Waals surface area contributed by atoms with Gasteiger partial charge in [-0.1, -0.05) is 30.3 Å². The summed E-state index contributed by atoms with van der Waals surface area (Å²) in [6, 6.07) is 18.2. The zero-order chi connectivity index (χ0) is 24.5. The highest BCUT2D eigenvalue weighted by molar-refractivity contribution is 6.71. The normalized spacial score (nSPS) is 14.5. The molecule has 0 bridgehead atoms. The zero-order valence-electron chi connectivity index (χ0n) is 19.3. The number of anilines is 2. The molecule has 0 spiro atoms. The number of phenols is 1. The van der Waals surface area contributed by atoms with Crippen molar-refractivity contribution in [1.82, 2.24) is 20.6 Å². The number of hydrazone groups is 2. The van der Waals surface area contributed by atoms with Gasteiger partial charge in [0.25, 0.3) is 0 Å². The maximum absolute atomic E-state index is 13.1. The summed E-state index contributed by atoms with van der Waals surface area (Å²) >= 11 is 0. The van der Waals surface area contributed by atoms with Gasteiger partial charge in [0, 0.05) is 11.1 Å². The maximum atomic E-state index is 13.1. The predicted molar refractivity (Wildman–Crippen MR) is 134 cm³/mol. The van der Waals surface area contributed by atoms with E-state index in [4.69, 9.17) is 0 Å². The minimum atomic E-state index is -0.335. The van der Waals surface area contributed by atoms with Crippen LogP contribution in [-0.2, 0) is 4.79 Å². The number of aryl methyl sites for hydroxylation is 2. The third kappa shape index (κ3) is 4.12. The molecule has 0 fully saturated rings. The molecule has 0 saturated heterocycles. The molecule has 3 aromatic carbocycles. The largest absolute Gasteiger partial charge is 0.507 e. The van der Waals surface area contributed by atoms with Gasteiger partial charge in [-0.05, 0) is 78.2 Å². The molecule has 0 radical (unpaired) electrons. The SMILES string of the molecule is CC1=NN(c2ccc(C)c(C)c2)C(=O)C1=NNc1cc(-c2ccccc2O)ccc1-c1nnn[nH]1. The molecule has 0 saturated carbocycles. The van der Waals surface area contributed by atoms with E-state index < -0.39 is 0 Å². The van der Waals surface area contributed by atoms with Gasteiger partial charge in [-0.15, -0.1) is 5.10 Å². The van der Waals surface area contributed by atoms with Crippen LogP contribution in [0.5, 0.6) is 5.75 Å². The number of hydrogen-bond donors (Lipinski definition) is 3. The molecule has 1 aliphatic rings. The number of aromatic nitrogens is 4. The fraction of sp³-hybridized carbons (Fsp3) is 0.120. The number of nitrogens with one attached hydrogen (secondary N) is 2. The van der Waals surface area contributed by atoms with Crippen LogP contribution in [0.1, 0.15) is 18.1 Å². The Morgan fingerprint density at radius 1 is 0.971 bits per heavy atom. The lowest BCUT2D eigenvalue weighted by Gasteiger charge is -2.13. The summed E-state index contributed by atoms with van der Waals surface area (Å²) in [5.74, 6) is 0.242. The molecule has 174 valence electrons. The number of nitrogens with zero attached hydrogens (tertiary/aromatic N) is 6. The standard InChI is InChI=1S/C25H22N8O2/c1-14-8-10-18(12-15(14)2)33-25(35)23(16(3)30-33)27-26-21-13-17(19-6-4-5-7-22(19)34)9-11-20(21)24-28-31-32-29-24/h4-13,26,34H,1-3H3,(H,28,29,31,32). The number of hydrogen-bond acceptors (Lipinski definition) is 8. The maximum Gasteiger partial charge on any atom is 0.301 e. The van der Waals surface area contributed by atoms with Gasteiger partial charge in [-0.25, -0.2) is 5.10 Å². The van der Waals surface area contributed by atoms with Crippen molar-refractivity contribution in [3.05, 3.63) is 71.8 Å². The van der Waals surface area contributed by atoms with Crippen LogP contribution in [0, 0.1) is 13.8 Å². The first-order valence-corrected chi connectivity index (χ1v) is 10.9. The topological polar surface area (TPSA) is 132 Å². The quantitative estimate of drug-likeness (QED) is 0.380. The van der Waals surface area contributed by atoms with Gasteiger partial charge >= 0.3 is 5.91 Å². The number of carbonyl (C=O) groups is 1. The van der Waals surface area contributed by atoms with Gasteiger partial charge in [0.15, 0.2) is 11.5 Å². The number of rotatable bonds is 5. The lowest BCUT2D eigenvalue weighted by molar-refractivity contribution is -0.112. The highest BCUT2D eigenvalue weighted by Crippen LogP contribution is 2.34. The monoisotopic (exact) mass is 466 g/mol. The third-order valence-corrected chi connectivity index (χ3v) is 5.85. The third-order valence-electron chi connectivity index (χ3n) is 5.85. The lowest BCUT2D eigenvalue weighted by Crippen LogP contribution is -2.28. The molecule has 10 nitrogen and oxygen atoms in total. The number of tetrazole rings is 1. The second-order valence-electron chi connectivity index (χ2n) is 8.17. The van der Waals surface area contributed by atoms with Crippen molar-refractivity contribution in [1.29, 1.82) is 0 Å². The smallest absolute Gasteiger partial charge is 0.301 e. The lowest BCUT2D eigenvalue weighted by atomic mass is 10.0. The number of carbonyl (C=O) groups excluding carboxylic acids is 1. The van der Waals surface area contributed by atoms with E-state index in [9.17, 15) is 9.90 Å². The molecule has 0 unspecified atom stereocenters. The first-order chi connectivity index (χ1) is 16.9. The van der Waals surface area contributed by atoms with E-state index in [0.717, 1.165) is 16.7 Å². The summed E-state index contributed by atoms with van der Waals surface area (Å²) in [5.41, 5.74) is 9.14. The molecule has 1 aromatic heterocycles. The summed E-state index contributed by atoms with van der Waals surface area (Å²) in [6.45, 7) is 5.74. The van der Waals surface area contributed by atoms with Crippen molar-refractivity contribution >= 4 is 28.7 Å². The van der Waals surface area contributed by atoms with E-state index in [1.165, 1.54) is 5.01 Å². The molecule has 3 N–H and O–H groups in total. The molecule has 1 aliphatic heterocycles. The molecular weight excluding hydrogens is 444 g/mol. The Balaban J connectivity index is 1.50. The van der Waals surface area contributed by atoms with Gasteiger partial charge in [-0.2, -0.15) is 15.2 Å². The first kappa shape index (κ1) is 22.0. The summed E-state index contributed by atoms with van der Waals surface area (Å²) in [4.78, 5) is 13.1. The Morgan fingerprint density at radius 3 is 2.54 bits per heavy atom. The molecule has 2 heterocycles. The van der Waals surface area contributed by atoms with Crippen molar-refractivity contribution < 1.29 is 9.90 Å². The Hall–Kier alpha value is -4.86. The van der Waals surface area contributed by atoms with E-state index in [0.29, 0.717) is 34.0 Å². The average molecular weight is 467 g/mol. The van der Waals surface area contributed by atoms with Crippen LogP contribution in [0.25, 0.3) is 22.5 Å². The van der Waals surface area contributed by atoms with Crippen molar-refractivity contribution in [2.45, 2.75) is 20.8 Å².